The van der Waals surface area contributed by atoms with Crippen molar-refractivity contribution in [1.29, 1.82) is 0 Å². The Hall–Kier alpha value is -2.85. The normalized spacial score (nSPS) is 14.6. The van der Waals surface area contributed by atoms with Crippen molar-refractivity contribution in [3.8, 4) is 0 Å². The first-order chi connectivity index (χ1) is 15.4. The van der Waals surface area contributed by atoms with Gasteiger partial charge >= 0.3 is 0 Å². The summed E-state index contributed by atoms with van der Waals surface area (Å²) in [4.78, 5) is 24.5. The number of aryl methyl sites for hydroxylation is 1. The molecule has 0 unspecified atom stereocenters. The van der Waals surface area contributed by atoms with Gasteiger partial charge in [0.1, 0.15) is 5.84 Å². The van der Waals surface area contributed by atoms with Crippen molar-refractivity contribution < 1.29 is 13.2 Å². The first-order valence-electron chi connectivity index (χ1n) is 10.4. The lowest BCUT2D eigenvalue weighted by Crippen LogP contribution is -2.30. The molecule has 0 saturated carbocycles. The number of nitrogens with one attached hydrogen (secondary N) is 3. The van der Waals surface area contributed by atoms with Crippen molar-refractivity contribution in [2.75, 3.05) is 17.6 Å². The summed E-state index contributed by atoms with van der Waals surface area (Å²) in [6, 6.07) is 12.1. The molecule has 0 aliphatic carbocycles. The zero-order valence-electron chi connectivity index (χ0n) is 17.7. The highest BCUT2D eigenvalue weighted by Gasteiger charge is 2.18. The van der Waals surface area contributed by atoms with Crippen LogP contribution in [-0.4, -0.2) is 42.4 Å². The Morgan fingerprint density at radius 2 is 2.03 bits per heavy atom. The van der Waals surface area contributed by atoms with Crippen LogP contribution in [0.4, 0.5) is 5.69 Å². The summed E-state index contributed by atoms with van der Waals surface area (Å²) in [5.41, 5.74) is 3.33. The van der Waals surface area contributed by atoms with Gasteiger partial charge in [-0.3, -0.25) is 14.5 Å². The number of carbonyl (C=O) groups is 1. The molecule has 0 fully saturated rings. The van der Waals surface area contributed by atoms with Crippen LogP contribution in [0, 0.1) is 6.92 Å². The number of fused-ring (bicyclic) bond motifs is 1. The van der Waals surface area contributed by atoms with Gasteiger partial charge in [-0.2, -0.15) is 0 Å². The van der Waals surface area contributed by atoms with Gasteiger partial charge in [-0.15, -0.1) is 0 Å². The number of aromatic nitrogens is 2. The molecule has 0 bridgehead atoms. The van der Waals surface area contributed by atoms with Gasteiger partial charge in [0.25, 0.3) is 10.0 Å². The molecule has 8 nitrogen and oxygen atoms in total. The molecular weight excluding hydrogens is 446 g/mol. The number of benzene rings is 2. The fourth-order valence-electron chi connectivity index (χ4n) is 3.41. The number of amides is 1. The number of rotatable bonds is 6. The van der Waals surface area contributed by atoms with Gasteiger partial charge in [0.05, 0.1) is 21.7 Å². The predicted octanol–water partition coefficient (Wildman–Crippen LogP) is 3.85. The zero-order valence-corrected chi connectivity index (χ0v) is 19.4. The summed E-state index contributed by atoms with van der Waals surface area (Å²) >= 11 is 1.29. The quantitative estimate of drug-likeness (QED) is 0.472. The molecule has 1 aromatic heterocycles. The molecule has 2 aromatic carbocycles. The van der Waals surface area contributed by atoms with Crippen molar-refractivity contribution in [1.82, 2.24) is 14.7 Å². The van der Waals surface area contributed by atoms with Crippen LogP contribution in [0.1, 0.15) is 31.2 Å². The molecule has 168 valence electrons. The Balaban J connectivity index is 1.38. The van der Waals surface area contributed by atoms with E-state index in [-0.39, 0.29) is 16.6 Å². The van der Waals surface area contributed by atoms with Crippen molar-refractivity contribution in [2.45, 2.75) is 42.7 Å². The van der Waals surface area contributed by atoms with E-state index in [0.29, 0.717) is 29.6 Å². The minimum absolute atomic E-state index is 0.0857. The van der Waals surface area contributed by atoms with Crippen LogP contribution < -0.4 is 10.0 Å². The van der Waals surface area contributed by atoms with E-state index in [4.69, 9.17) is 0 Å². The van der Waals surface area contributed by atoms with Gasteiger partial charge in [0, 0.05) is 18.7 Å². The van der Waals surface area contributed by atoms with Crippen LogP contribution >= 0.6 is 11.8 Å². The monoisotopic (exact) mass is 471 g/mol. The standard InChI is InChI=1S/C22H25N5O3S2/c1-15-9-10-18-19(12-15)26-22(25-18)31-14-21(28)24-16-6-5-7-17(13-16)32(29,30)27-20-8-3-2-4-11-23-20/h5-7,9-10,12-13H,2-4,8,11,14H2,1H3,(H,23,27)(H,24,28)(H,25,26). The lowest BCUT2D eigenvalue weighted by molar-refractivity contribution is -0.113. The summed E-state index contributed by atoms with van der Waals surface area (Å²) in [5, 5.41) is 3.42. The third kappa shape index (κ3) is 5.68. The van der Waals surface area contributed by atoms with E-state index in [1.54, 1.807) is 12.1 Å². The van der Waals surface area contributed by atoms with E-state index in [1.165, 1.54) is 23.9 Å². The zero-order chi connectivity index (χ0) is 22.6. The van der Waals surface area contributed by atoms with Gasteiger partial charge in [0.2, 0.25) is 5.91 Å². The van der Waals surface area contributed by atoms with E-state index >= 15 is 0 Å². The van der Waals surface area contributed by atoms with Crippen LogP contribution in [-0.2, 0) is 14.8 Å². The fourth-order valence-corrected chi connectivity index (χ4v) is 5.23. The SMILES string of the molecule is Cc1ccc2nc(SCC(=O)Nc3cccc(S(=O)(=O)NC4=NCCCCC4)c3)[nH]c2c1. The van der Waals surface area contributed by atoms with Gasteiger partial charge < -0.3 is 10.3 Å². The second-order valence-electron chi connectivity index (χ2n) is 7.67. The second-order valence-corrected chi connectivity index (χ2v) is 10.3. The topological polar surface area (TPSA) is 116 Å². The van der Waals surface area contributed by atoms with Gasteiger partial charge in [-0.05, 0) is 55.7 Å². The van der Waals surface area contributed by atoms with E-state index in [0.717, 1.165) is 35.9 Å². The van der Waals surface area contributed by atoms with Gasteiger partial charge in [-0.1, -0.05) is 30.3 Å². The number of H-pyrrole nitrogens is 1. The molecule has 4 rings (SSSR count). The van der Waals surface area contributed by atoms with Crippen LogP contribution in [0.3, 0.4) is 0 Å². The van der Waals surface area contributed by atoms with E-state index < -0.39 is 10.0 Å². The molecule has 0 saturated heterocycles. The largest absolute Gasteiger partial charge is 0.333 e. The van der Waals surface area contributed by atoms with E-state index in [1.807, 2.05) is 25.1 Å². The Morgan fingerprint density at radius 3 is 2.91 bits per heavy atom. The van der Waals surface area contributed by atoms with Crippen LogP contribution in [0.2, 0.25) is 0 Å². The Kier molecular flexibility index (Phi) is 6.80. The first-order valence-corrected chi connectivity index (χ1v) is 12.9. The second kappa shape index (κ2) is 9.74. The van der Waals surface area contributed by atoms with Crippen LogP contribution in [0.25, 0.3) is 11.0 Å². The highest BCUT2D eigenvalue weighted by Crippen LogP contribution is 2.21. The highest BCUT2D eigenvalue weighted by atomic mass is 32.2. The number of nitrogens with zero attached hydrogens (tertiary/aromatic N) is 2. The number of imidazole rings is 1. The average Bonchev–Trinajstić information content (AvgIpc) is 2.99. The Morgan fingerprint density at radius 1 is 1.16 bits per heavy atom. The van der Waals surface area contributed by atoms with Crippen molar-refractivity contribution in [3.63, 3.8) is 0 Å². The van der Waals surface area contributed by atoms with E-state index in [9.17, 15) is 13.2 Å². The number of hydrogen-bond acceptors (Lipinski definition) is 6. The fraction of sp³-hybridized carbons (Fsp3) is 0.318. The number of sulfonamides is 1. The molecule has 0 atom stereocenters. The summed E-state index contributed by atoms with van der Waals surface area (Å²) in [6.07, 6.45) is 3.55. The number of hydrogen-bond donors (Lipinski definition) is 3. The maximum atomic E-state index is 12.7. The molecule has 3 aromatic rings. The summed E-state index contributed by atoms with van der Waals surface area (Å²) in [5.74, 6) is 0.391. The summed E-state index contributed by atoms with van der Waals surface area (Å²) in [7, 11) is -3.76. The Labute approximate surface area is 191 Å². The number of aliphatic imine (C=N–C) groups is 1. The molecule has 10 heteroatoms. The number of amidine groups is 1. The lowest BCUT2D eigenvalue weighted by Gasteiger charge is -2.11. The predicted molar refractivity (Wildman–Crippen MR) is 128 cm³/mol. The molecule has 1 aliphatic rings. The summed E-state index contributed by atoms with van der Waals surface area (Å²) in [6.45, 7) is 2.64. The number of carbonyl (C=O) groups excluding carboxylic acids is 1. The molecule has 2 heterocycles. The van der Waals surface area contributed by atoms with Crippen LogP contribution in [0.15, 0.2) is 57.5 Å². The van der Waals surface area contributed by atoms with Crippen molar-refractivity contribution in [2.24, 2.45) is 4.99 Å². The molecule has 1 amide bonds. The maximum Gasteiger partial charge on any atom is 0.262 e. The molecular formula is C22H25N5O3S2. The Bertz CT molecular complexity index is 1270. The third-order valence-corrected chi connectivity index (χ3v) is 7.26. The number of anilines is 1. The number of aromatic amines is 1. The average molecular weight is 472 g/mol. The van der Waals surface area contributed by atoms with Crippen LogP contribution in [0.5, 0.6) is 0 Å². The first kappa shape index (κ1) is 22.3. The molecule has 0 radical (unpaired) electrons. The lowest BCUT2D eigenvalue weighted by atomic mass is 10.2. The van der Waals surface area contributed by atoms with E-state index in [2.05, 4.69) is 25.0 Å². The molecule has 32 heavy (non-hydrogen) atoms. The van der Waals surface area contributed by atoms with Gasteiger partial charge in [0.15, 0.2) is 5.16 Å². The van der Waals surface area contributed by atoms with Gasteiger partial charge in [-0.25, -0.2) is 13.4 Å². The molecule has 0 spiro atoms. The minimum atomic E-state index is -3.76. The molecule has 3 N–H and O–H groups in total. The minimum Gasteiger partial charge on any atom is -0.333 e. The number of thioether (sulfide) groups is 1. The smallest absolute Gasteiger partial charge is 0.262 e. The highest BCUT2D eigenvalue weighted by molar-refractivity contribution is 7.99. The van der Waals surface area contributed by atoms with Crippen molar-refractivity contribution in [3.05, 3.63) is 48.0 Å². The molecule has 1 aliphatic heterocycles. The van der Waals surface area contributed by atoms with Crippen molar-refractivity contribution >= 4 is 50.2 Å². The maximum absolute atomic E-state index is 12.7. The third-order valence-electron chi connectivity index (χ3n) is 5.01. The summed E-state index contributed by atoms with van der Waals surface area (Å²) < 4.78 is 28.1.